The molecular formula is C12H21N. The highest BCUT2D eigenvalue weighted by molar-refractivity contribution is 5.08. The van der Waals surface area contributed by atoms with Crippen molar-refractivity contribution >= 4 is 0 Å². The Bertz CT molecular complexity index is 184. The van der Waals surface area contributed by atoms with Gasteiger partial charge in [0.05, 0.1) is 0 Å². The van der Waals surface area contributed by atoms with Crippen LogP contribution >= 0.6 is 0 Å². The highest BCUT2D eigenvalue weighted by Crippen LogP contribution is 2.52. The van der Waals surface area contributed by atoms with Crippen molar-refractivity contribution < 1.29 is 0 Å². The largest absolute Gasteiger partial charge is 0.312 e. The van der Waals surface area contributed by atoms with Gasteiger partial charge < -0.3 is 5.32 Å². The van der Waals surface area contributed by atoms with Crippen molar-refractivity contribution in [2.24, 2.45) is 11.3 Å². The smallest absolute Gasteiger partial charge is 0.0164 e. The van der Waals surface area contributed by atoms with Crippen LogP contribution in [0, 0.1) is 11.3 Å². The molecule has 1 nitrogen and oxygen atoms in total. The number of hydrogen-bond acceptors (Lipinski definition) is 1. The Morgan fingerprint density at radius 2 is 1.69 bits per heavy atom. The summed E-state index contributed by atoms with van der Waals surface area (Å²) in [4.78, 5) is 0. The molecule has 1 spiro atoms. The number of rotatable bonds is 1. The maximum absolute atomic E-state index is 3.71. The SMILES string of the molecule is C1CCC(C2NCC23CCC3)CC1. The Hall–Kier alpha value is -0.0400. The molecule has 0 amide bonds. The van der Waals surface area contributed by atoms with Gasteiger partial charge in [-0.3, -0.25) is 0 Å². The van der Waals surface area contributed by atoms with Crippen LogP contribution in [0.15, 0.2) is 0 Å². The summed E-state index contributed by atoms with van der Waals surface area (Å²) in [6, 6.07) is 0.932. The Morgan fingerprint density at radius 1 is 0.923 bits per heavy atom. The van der Waals surface area contributed by atoms with E-state index in [9.17, 15) is 0 Å². The second kappa shape index (κ2) is 2.98. The fourth-order valence-electron chi connectivity index (χ4n) is 3.76. The van der Waals surface area contributed by atoms with Gasteiger partial charge in [0.25, 0.3) is 0 Å². The summed E-state index contributed by atoms with van der Waals surface area (Å²) in [5.74, 6) is 1.04. The van der Waals surface area contributed by atoms with E-state index in [1.165, 1.54) is 57.9 Å². The molecule has 3 fully saturated rings. The van der Waals surface area contributed by atoms with Crippen LogP contribution in [0.1, 0.15) is 51.4 Å². The Labute approximate surface area is 81.3 Å². The Balaban J connectivity index is 1.64. The monoisotopic (exact) mass is 179 g/mol. The van der Waals surface area contributed by atoms with Gasteiger partial charge in [-0.1, -0.05) is 25.7 Å². The maximum Gasteiger partial charge on any atom is 0.0164 e. The first-order chi connectivity index (χ1) is 6.41. The Kier molecular flexibility index (Phi) is 1.90. The van der Waals surface area contributed by atoms with Crippen molar-refractivity contribution in [3.8, 4) is 0 Å². The molecule has 1 heteroatoms. The zero-order valence-corrected chi connectivity index (χ0v) is 8.52. The second-order valence-electron chi connectivity index (χ2n) is 5.47. The predicted octanol–water partition coefficient (Wildman–Crippen LogP) is 2.71. The van der Waals surface area contributed by atoms with Crippen molar-refractivity contribution in [2.75, 3.05) is 6.54 Å². The van der Waals surface area contributed by atoms with E-state index in [2.05, 4.69) is 5.32 Å². The fraction of sp³-hybridized carbons (Fsp3) is 1.00. The summed E-state index contributed by atoms with van der Waals surface area (Å²) in [6.07, 6.45) is 12.1. The lowest BCUT2D eigenvalue weighted by molar-refractivity contribution is -0.0420. The summed E-state index contributed by atoms with van der Waals surface area (Å²) in [6.45, 7) is 1.34. The highest BCUT2D eigenvalue weighted by atomic mass is 15.1. The number of nitrogens with one attached hydrogen (secondary N) is 1. The first-order valence-corrected chi connectivity index (χ1v) is 6.14. The van der Waals surface area contributed by atoms with Gasteiger partial charge in [-0.25, -0.2) is 0 Å². The zero-order chi connectivity index (χ0) is 8.73. The molecule has 2 aliphatic carbocycles. The van der Waals surface area contributed by atoms with Crippen LogP contribution < -0.4 is 5.32 Å². The van der Waals surface area contributed by atoms with Crippen molar-refractivity contribution in [1.82, 2.24) is 5.32 Å². The molecule has 1 aliphatic heterocycles. The molecule has 0 aromatic rings. The highest BCUT2D eigenvalue weighted by Gasteiger charge is 2.52. The minimum absolute atomic E-state index is 0.808. The molecule has 74 valence electrons. The van der Waals surface area contributed by atoms with Crippen molar-refractivity contribution in [2.45, 2.75) is 57.4 Å². The van der Waals surface area contributed by atoms with Crippen LogP contribution in [0.5, 0.6) is 0 Å². The lowest BCUT2D eigenvalue weighted by Gasteiger charge is -2.60. The summed E-state index contributed by atoms with van der Waals surface area (Å²) in [5, 5.41) is 3.71. The lowest BCUT2D eigenvalue weighted by Crippen LogP contribution is -2.68. The standard InChI is InChI=1S/C12H21N/c1-2-5-10(6-3-1)11-12(9-13-11)7-4-8-12/h10-11,13H,1-9H2. The van der Waals surface area contributed by atoms with Crippen molar-refractivity contribution in [3.63, 3.8) is 0 Å². The van der Waals surface area contributed by atoms with Crippen molar-refractivity contribution in [1.29, 1.82) is 0 Å². The molecule has 0 bridgehead atoms. The lowest BCUT2D eigenvalue weighted by atomic mass is 9.55. The average Bonchev–Trinajstić information content (AvgIpc) is 2.01. The minimum Gasteiger partial charge on any atom is -0.312 e. The molecule has 1 heterocycles. The zero-order valence-electron chi connectivity index (χ0n) is 8.52. The van der Waals surface area contributed by atoms with E-state index in [0.29, 0.717) is 0 Å². The molecule has 1 N–H and O–H groups in total. The van der Waals surface area contributed by atoms with Crippen LogP contribution in [0.2, 0.25) is 0 Å². The third-order valence-electron chi connectivity index (χ3n) is 4.80. The van der Waals surface area contributed by atoms with Gasteiger partial charge >= 0.3 is 0 Å². The van der Waals surface area contributed by atoms with Crippen LogP contribution in [-0.4, -0.2) is 12.6 Å². The second-order valence-corrected chi connectivity index (χ2v) is 5.47. The third kappa shape index (κ3) is 1.16. The van der Waals surface area contributed by atoms with Gasteiger partial charge in [0.2, 0.25) is 0 Å². The molecule has 1 saturated heterocycles. The minimum atomic E-state index is 0.808. The molecule has 0 radical (unpaired) electrons. The predicted molar refractivity (Wildman–Crippen MR) is 54.6 cm³/mol. The first kappa shape index (κ1) is 8.28. The van der Waals surface area contributed by atoms with Gasteiger partial charge in [0.1, 0.15) is 0 Å². The molecule has 1 atom stereocenters. The van der Waals surface area contributed by atoms with E-state index in [4.69, 9.17) is 0 Å². The molecule has 1 unspecified atom stereocenters. The summed E-state index contributed by atoms with van der Waals surface area (Å²) < 4.78 is 0. The molecule has 13 heavy (non-hydrogen) atoms. The summed E-state index contributed by atoms with van der Waals surface area (Å²) in [7, 11) is 0. The van der Waals surface area contributed by atoms with E-state index in [1.54, 1.807) is 0 Å². The third-order valence-corrected chi connectivity index (χ3v) is 4.80. The van der Waals surface area contributed by atoms with Gasteiger partial charge in [-0.2, -0.15) is 0 Å². The van der Waals surface area contributed by atoms with E-state index in [1.807, 2.05) is 0 Å². The molecule has 3 aliphatic rings. The van der Waals surface area contributed by atoms with Crippen LogP contribution in [0.4, 0.5) is 0 Å². The van der Waals surface area contributed by atoms with Gasteiger partial charge in [0.15, 0.2) is 0 Å². The molecule has 3 rings (SSSR count). The van der Waals surface area contributed by atoms with E-state index in [-0.39, 0.29) is 0 Å². The number of hydrogen-bond donors (Lipinski definition) is 1. The van der Waals surface area contributed by atoms with Gasteiger partial charge in [-0.05, 0) is 37.0 Å². The molecule has 0 aromatic heterocycles. The van der Waals surface area contributed by atoms with Crippen LogP contribution in [-0.2, 0) is 0 Å². The molecule has 0 aromatic carbocycles. The van der Waals surface area contributed by atoms with Crippen LogP contribution in [0.25, 0.3) is 0 Å². The quantitative estimate of drug-likeness (QED) is 0.652. The van der Waals surface area contributed by atoms with E-state index < -0.39 is 0 Å². The summed E-state index contributed by atoms with van der Waals surface area (Å²) >= 11 is 0. The van der Waals surface area contributed by atoms with E-state index >= 15 is 0 Å². The molecular weight excluding hydrogens is 158 g/mol. The van der Waals surface area contributed by atoms with Crippen LogP contribution in [0.3, 0.4) is 0 Å². The van der Waals surface area contributed by atoms with Crippen molar-refractivity contribution in [3.05, 3.63) is 0 Å². The van der Waals surface area contributed by atoms with Gasteiger partial charge in [0, 0.05) is 12.6 Å². The summed E-state index contributed by atoms with van der Waals surface area (Å²) in [5.41, 5.74) is 0.808. The van der Waals surface area contributed by atoms with E-state index in [0.717, 1.165) is 17.4 Å². The average molecular weight is 179 g/mol. The topological polar surface area (TPSA) is 12.0 Å². The first-order valence-electron chi connectivity index (χ1n) is 6.14. The Morgan fingerprint density at radius 3 is 2.15 bits per heavy atom. The fourth-order valence-corrected chi connectivity index (χ4v) is 3.76. The maximum atomic E-state index is 3.71. The molecule has 2 saturated carbocycles. The van der Waals surface area contributed by atoms with Gasteiger partial charge in [-0.15, -0.1) is 0 Å². The normalized spacial score (nSPS) is 38.3.